The van der Waals surface area contributed by atoms with Crippen LogP contribution in [0.3, 0.4) is 0 Å². The third-order valence-electron chi connectivity index (χ3n) is 6.36. The molecule has 1 saturated heterocycles. The Balaban J connectivity index is 0.000000144. The van der Waals surface area contributed by atoms with E-state index in [0.717, 1.165) is 52.1 Å². The summed E-state index contributed by atoms with van der Waals surface area (Å²) in [6.07, 6.45) is 2.73. The second-order valence-electron chi connectivity index (χ2n) is 9.33. The minimum atomic E-state index is -0.250. The predicted molar refractivity (Wildman–Crippen MR) is 144 cm³/mol. The number of benzene rings is 2. The minimum absolute atomic E-state index is 0.178. The van der Waals surface area contributed by atoms with Gasteiger partial charge in [0.2, 0.25) is 0 Å². The molecule has 2 aromatic carbocycles. The quantitative estimate of drug-likeness (QED) is 0.434. The highest BCUT2D eigenvalue weighted by molar-refractivity contribution is 9.10. The molecule has 184 valence electrons. The topological polar surface area (TPSA) is 57.2 Å². The predicted octanol–water partition coefficient (Wildman–Crippen LogP) is 6.11. The molecule has 0 aliphatic carbocycles. The van der Waals surface area contributed by atoms with Gasteiger partial charge in [0, 0.05) is 28.4 Å². The van der Waals surface area contributed by atoms with E-state index in [1.54, 1.807) is 5.98 Å². The summed E-state index contributed by atoms with van der Waals surface area (Å²) >= 11 is 6.87. The highest BCUT2D eigenvalue weighted by atomic mass is 79.9. The van der Waals surface area contributed by atoms with Crippen molar-refractivity contribution in [3.8, 4) is 11.5 Å². The average molecular weight is 596 g/mol. The smallest absolute Gasteiger partial charge is 0.486 e. The largest absolute Gasteiger partial charge is 0.493 e. The first-order valence-electron chi connectivity index (χ1n) is 11.5. The first-order valence-corrected chi connectivity index (χ1v) is 13.1. The van der Waals surface area contributed by atoms with E-state index < -0.39 is 0 Å². The fourth-order valence-electron chi connectivity index (χ4n) is 3.67. The molecule has 1 N–H and O–H groups in total. The van der Waals surface area contributed by atoms with Crippen molar-refractivity contribution in [3.63, 3.8) is 0 Å². The van der Waals surface area contributed by atoms with Gasteiger partial charge in [-0.05, 0) is 75.1 Å². The molecule has 0 unspecified atom stereocenters. The van der Waals surface area contributed by atoms with Gasteiger partial charge in [-0.15, -0.1) is 6.58 Å². The maximum Gasteiger partial charge on any atom is 0.486 e. The highest BCUT2D eigenvalue weighted by Crippen LogP contribution is 2.36. The van der Waals surface area contributed by atoms with Crippen LogP contribution in [-0.4, -0.2) is 43.2 Å². The van der Waals surface area contributed by atoms with E-state index >= 15 is 0 Å². The lowest BCUT2D eigenvalue weighted by molar-refractivity contribution is 0.00578. The van der Waals surface area contributed by atoms with Crippen molar-refractivity contribution in [1.29, 1.82) is 0 Å². The molecule has 2 aromatic rings. The van der Waals surface area contributed by atoms with Crippen molar-refractivity contribution in [1.82, 2.24) is 0 Å². The summed E-state index contributed by atoms with van der Waals surface area (Å²) in [5.74, 6) is 3.69. The van der Waals surface area contributed by atoms with E-state index in [1.165, 1.54) is 11.1 Å². The molecule has 8 heteroatoms. The summed E-state index contributed by atoms with van der Waals surface area (Å²) in [5, 5.41) is 8.83. The normalized spacial score (nSPS) is 18.4. The molecule has 0 bridgehead atoms. The molecule has 5 rings (SSSR count). The van der Waals surface area contributed by atoms with Gasteiger partial charge in [-0.3, -0.25) is 0 Å². The summed E-state index contributed by atoms with van der Waals surface area (Å²) in [5.41, 5.74) is 3.23. The lowest BCUT2D eigenvalue weighted by atomic mass is 9.90. The van der Waals surface area contributed by atoms with Gasteiger partial charge in [-0.2, -0.15) is 0 Å². The fraction of sp³-hybridized carbons (Fsp3) is 0.462. The Labute approximate surface area is 220 Å². The van der Waals surface area contributed by atoms with Crippen LogP contribution in [0.2, 0.25) is 0 Å². The number of fused-ring (bicyclic) bond motifs is 2. The Hall–Kier alpha value is -1.32. The van der Waals surface area contributed by atoms with Crippen molar-refractivity contribution >= 4 is 39.0 Å². The maximum absolute atomic E-state index is 8.83. The molecule has 1 fully saturated rings. The molecule has 34 heavy (non-hydrogen) atoms. The highest BCUT2D eigenvalue weighted by Gasteiger charge is 2.49. The molecule has 3 aliphatic rings. The van der Waals surface area contributed by atoms with E-state index in [2.05, 4.69) is 50.6 Å². The molecule has 0 atom stereocenters. The van der Waals surface area contributed by atoms with E-state index in [9.17, 15) is 0 Å². The van der Waals surface area contributed by atoms with Gasteiger partial charge < -0.3 is 23.9 Å². The Kier molecular flexibility index (Phi) is 9.32. The first kappa shape index (κ1) is 27.3. The fourth-order valence-corrected chi connectivity index (χ4v) is 4.60. The van der Waals surface area contributed by atoms with Crippen molar-refractivity contribution in [2.45, 2.75) is 58.2 Å². The summed E-state index contributed by atoms with van der Waals surface area (Å²) in [7, 11) is -0.250. The van der Waals surface area contributed by atoms with E-state index in [4.69, 9.17) is 23.9 Å². The van der Waals surface area contributed by atoms with Crippen molar-refractivity contribution in [2.24, 2.45) is 0 Å². The van der Waals surface area contributed by atoms with Crippen LogP contribution >= 0.6 is 31.9 Å². The Morgan fingerprint density at radius 3 is 2.09 bits per heavy atom. The minimum Gasteiger partial charge on any atom is -0.493 e. The zero-order valence-corrected chi connectivity index (χ0v) is 23.5. The van der Waals surface area contributed by atoms with Crippen LogP contribution in [0.25, 0.3) is 0 Å². The van der Waals surface area contributed by atoms with Gasteiger partial charge in [-0.1, -0.05) is 43.9 Å². The monoisotopic (exact) mass is 594 g/mol. The second kappa shape index (κ2) is 11.6. The number of aliphatic hydroxyl groups is 1. The number of ether oxygens (including phenoxy) is 2. The van der Waals surface area contributed by atoms with E-state index in [-0.39, 0.29) is 24.9 Å². The molecule has 5 nitrogen and oxygen atoms in total. The second-order valence-corrected chi connectivity index (χ2v) is 11.1. The summed E-state index contributed by atoms with van der Waals surface area (Å²) in [4.78, 5) is 0. The SMILES string of the molecule is Brc1ccc2c(c1)OCC2.C=CB1OC(C)(C)C(C)(C)O1.OCCc1cc2c(cc1Br)CCO2. The van der Waals surface area contributed by atoms with Crippen molar-refractivity contribution < 1.29 is 23.9 Å². The third-order valence-corrected chi connectivity index (χ3v) is 7.59. The molecule has 3 aliphatic heterocycles. The molecule has 0 radical (unpaired) electrons. The van der Waals surface area contributed by atoms with Crippen LogP contribution in [0, 0.1) is 0 Å². The van der Waals surface area contributed by atoms with Gasteiger partial charge in [0.1, 0.15) is 11.5 Å². The number of hydrogen-bond acceptors (Lipinski definition) is 5. The van der Waals surface area contributed by atoms with Crippen molar-refractivity contribution in [2.75, 3.05) is 19.8 Å². The summed E-state index contributed by atoms with van der Waals surface area (Å²) < 4.78 is 24.1. The standard InChI is InChI=1S/C10H11BrO2.C8H15BO2.C8H7BrO/c11-9-5-8-2-4-13-10(8)6-7(9)1-3-12;1-6-9-10-7(2,3)8(4,5)11-9;9-7-2-1-6-3-4-10-8(6)5-7/h5-6,12H,1-4H2;6H,1H2,2-5H3;1-2,5H,3-4H2. The molecule has 0 spiro atoms. The zero-order valence-electron chi connectivity index (χ0n) is 20.3. The van der Waals surface area contributed by atoms with Crippen LogP contribution < -0.4 is 9.47 Å². The average Bonchev–Trinajstić information content (AvgIpc) is 3.47. The van der Waals surface area contributed by atoms with Crippen LogP contribution in [-0.2, 0) is 28.6 Å². The molecular weight excluding hydrogens is 563 g/mol. The van der Waals surface area contributed by atoms with Gasteiger partial charge in [-0.25, -0.2) is 0 Å². The van der Waals surface area contributed by atoms with Gasteiger partial charge >= 0.3 is 7.12 Å². The number of rotatable bonds is 3. The third kappa shape index (κ3) is 6.67. The van der Waals surface area contributed by atoms with Crippen LogP contribution in [0.1, 0.15) is 44.4 Å². The Morgan fingerprint density at radius 1 is 0.941 bits per heavy atom. The number of aliphatic hydroxyl groups excluding tert-OH is 1. The van der Waals surface area contributed by atoms with Gasteiger partial charge in [0.15, 0.2) is 0 Å². The first-order chi connectivity index (χ1) is 16.1. The number of halogens is 2. The number of hydrogen-bond donors (Lipinski definition) is 1. The van der Waals surface area contributed by atoms with Crippen LogP contribution in [0.4, 0.5) is 0 Å². The van der Waals surface area contributed by atoms with Gasteiger partial charge in [0.25, 0.3) is 0 Å². The van der Waals surface area contributed by atoms with Crippen LogP contribution in [0.5, 0.6) is 11.5 Å². The van der Waals surface area contributed by atoms with E-state index in [1.807, 2.05) is 45.9 Å². The van der Waals surface area contributed by atoms with Crippen molar-refractivity contribution in [3.05, 3.63) is 68.5 Å². The lowest BCUT2D eigenvalue weighted by Crippen LogP contribution is -2.41. The summed E-state index contributed by atoms with van der Waals surface area (Å²) in [6, 6.07) is 10.3. The Morgan fingerprint density at radius 2 is 1.53 bits per heavy atom. The lowest BCUT2D eigenvalue weighted by Gasteiger charge is -2.32. The maximum atomic E-state index is 8.83. The van der Waals surface area contributed by atoms with E-state index in [0.29, 0.717) is 6.42 Å². The molecule has 0 aromatic heterocycles. The molecule has 0 amide bonds. The van der Waals surface area contributed by atoms with Crippen LogP contribution in [0.15, 0.2) is 51.8 Å². The van der Waals surface area contributed by atoms with Gasteiger partial charge in [0.05, 0.1) is 24.4 Å². The Bertz CT molecular complexity index is 993. The zero-order chi connectivity index (χ0) is 24.9. The molecule has 0 saturated carbocycles. The molecule has 3 heterocycles. The molecular formula is C26H33BBr2O5. The summed E-state index contributed by atoms with van der Waals surface area (Å²) in [6.45, 7) is 13.5.